The molecule has 2 heterocycles. The van der Waals surface area contributed by atoms with Crippen molar-refractivity contribution in [2.24, 2.45) is 0 Å². The number of hydrogen-bond donors (Lipinski definition) is 1. The highest BCUT2D eigenvalue weighted by Crippen LogP contribution is 2.29. The third-order valence-electron chi connectivity index (χ3n) is 5.29. The van der Waals surface area contributed by atoms with Crippen molar-refractivity contribution in [3.8, 4) is 16.9 Å². The van der Waals surface area contributed by atoms with E-state index in [-0.39, 0.29) is 17.3 Å². The van der Waals surface area contributed by atoms with Crippen LogP contribution in [0, 0.1) is 10.1 Å². The fourth-order valence-corrected chi connectivity index (χ4v) is 3.94. The van der Waals surface area contributed by atoms with E-state index in [1.54, 1.807) is 24.3 Å². The van der Waals surface area contributed by atoms with E-state index >= 15 is 0 Å². The Kier molecular flexibility index (Phi) is 6.29. The second-order valence-corrected chi connectivity index (χ2v) is 7.80. The molecule has 0 aliphatic carbocycles. The van der Waals surface area contributed by atoms with E-state index in [9.17, 15) is 14.9 Å². The van der Waals surface area contributed by atoms with Crippen molar-refractivity contribution in [1.82, 2.24) is 20.0 Å². The van der Waals surface area contributed by atoms with Crippen molar-refractivity contribution in [2.75, 3.05) is 26.2 Å². The van der Waals surface area contributed by atoms with E-state index in [1.807, 2.05) is 18.2 Å². The number of nitro benzene ring substituents is 1. The van der Waals surface area contributed by atoms with Gasteiger partial charge in [-0.15, -0.1) is 0 Å². The molecule has 2 aromatic carbocycles. The van der Waals surface area contributed by atoms with E-state index in [4.69, 9.17) is 11.6 Å². The van der Waals surface area contributed by atoms with Gasteiger partial charge in [0.05, 0.1) is 21.3 Å². The summed E-state index contributed by atoms with van der Waals surface area (Å²) in [5, 5.41) is 19.2. The van der Waals surface area contributed by atoms with Gasteiger partial charge in [-0.3, -0.25) is 14.9 Å². The quantitative estimate of drug-likeness (QED) is 0.444. The zero-order valence-electron chi connectivity index (χ0n) is 16.8. The number of aromatic nitrogens is 2. The third kappa shape index (κ3) is 4.76. The van der Waals surface area contributed by atoms with Crippen LogP contribution in [-0.2, 0) is 0 Å². The summed E-state index contributed by atoms with van der Waals surface area (Å²) in [5.41, 5.74) is 1.84. The van der Waals surface area contributed by atoms with Gasteiger partial charge in [0.15, 0.2) is 0 Å². The van der Waals surface area contributed by atoms with Crippen LogP contribution in [0.2, 0.25) is 5.02 Å². The maximum Gasteiger partial charge on any atom is 0.271 e. The van der Waals surface area contributed by atoms with Gasteiger partial charge in [0.2, 0.25) is 0 Å². The highest BCUT2D eigenvalue weighted by Gasteiger charge is 2.20. The molecule has 1 amide bonds. The lowest BCUT2D eigenvalue weighted by Gasteiger charge is -2.15. The second kappa shape index (κ2) is 9.28. The van der Waals surface area contributed by atoms with Gasteiger partial charge in [0.1, 0.15) is 5.69 Å². The molecule has 0 unspecified atom stereocenters. The molecule has 3 aromatic rings. The van der Waals surface area contributed by atoms with Crippen LogP contribution >= 0.6 is 11.6 Å². The first-order valence-corrected chi connectivity index (χ1v) is 10.5. The Morgan fingerprint density at radius 3 is 2.65 bits per heavy atom. The summed E-state index contributed by atoms with van der Waals surface area (Å²) in [4.78, 5) is 26.1. The van der Waals surface area contributed by atoms with Gasteiger partial charge in [-0.1, -0.05) is 35.9 Å². The lowest BCUT2D eigenvalue weighted by Crippen LogP contribution is -2.34. The van der Waals surface area contributed by atoms with Gasteiger partial charge in [0.25, 0.3) is 11.6 Å². The molecule has 0 saturated carbocycles. The maximum atomic E-state index is 13.0. The van der Waals surface area contributed by atoms with E-state index < -0.39 is 4.92 Å². The number of rotatable bonds is 7. The molecular formula is C22H22ClN5O3. The molecule has 31 heavy (non-hydrogen) atoms. The van der Waals surface area contributed by atoms with Crippen LogP contribution in [0.1, 0.15) is 23.3 Å². The minimum atomic E-state index is -0.474. The van der Waals surface area contributed by atoms with Crippen LogP contribution in [0.15, 0.2) is 54.6 Å². The summed E-state index contributed by atoms with van der Waals surface area (Å²) >= 11 is 6.32. The summed E-state index contributed by atoms with van der Waals surface area (Å²) in [7, 11) is 0. The number of likely N-dealkylation sites (tertiary alicyclic amines) is 1. The Balaban J connectivity index is 1.66. The maximum absolute atomic E-state index is 13.0. The number of carbonyl (C=O) groups excluding carboxylic acids is 1. The molecule has 8 nitrogen and oxygen atoms in total. The first-order valence-electron chi connectivity index (χ1n) is 10.1. The molecular weight excluding hydrogens is 418 g/mol. The molecule has 0 bridgehead atoms. The topological polar surface area (TPSA) is 93.3 Å². The third-order valence-corrected chi connectivity index (χ3v) is 5.62. The average Bonchev–Trinajstić information content (AvgIpc) is 3.44. The molecule has 1 aromatic heterocycles. The Labute approximate surface area is 184 Å². The molecule has 1 aliphatic rings. The summed E-state index contributed by atoms with van der Waals surface area (Å²) in [6.45, 7) is 3.41. The van der Waals surface area contributed by atoms with Crippen LogP contribution in [0.25, 0.3) is 16.9 Å². The summed E-state index contributed by atoms with van der Waals surface area (Å²) < 4.78 is 1.43. The van der Waals surface area contributed by atoms with E-state index in [0.29, 0.717) is 28.5 Å². The number of nitrogens with zero attached hydrogens (tertiary/aromatic N) is 4. The SMILES string of the molecule is O=C(NCCN1CCCC1)c1cc(-c2ccccc2Cl)nn1-c1cccc([N+](=O)[O-])c1. The molecule has 1 fully saturated rings. The molecule has 9 heteroatoms. The lowest BCUT2D eigenvalue weighted by atomic mass is 10.1. The van der Waals surface area contributed by atoms with Gasteiger partial charge in [-0.2, -0.15) is 5.10 Å². The Morgan fingerprint density at radius 1 is 1.13 bits per heavy atom. The van der Waals surface area contributed by atoms with Crippen molar-refractivity contribution in [1.29, 1.82) is 0 Å². The monoisotopic (exact) mass is 439 g/mol. The molecule has 160 valence electrons. The number of hydrogen-bond acceptors (Lipinski definition) is 5. The number of halogens is 1. The minimum absolute atomic E-state index is 0.0762. The minimum Gasteiger partial charge on any atom is -0.349 e. The Bertz CT molecular complexity index is 1110. The zero-order valence-corrected chi connectivity index (χ0v) is 17.6. The number of carbonyl (C=O) groups is 1. The van der Waals surface area contributed by atoms with Crippen molar-refractivity contribution in [2.45, 2.75) is 12.8 Å². The number of benzene rings is 2. The van der Waals surface area contributed by atoms with Gasteiger partial charge in [0, 0.05) is 30.8 Å². The summed E-state index contributed by atoms with van der Waals surface area (Å²) in [6.07, 6.45) is 2.38. The molecule has 1 aliphatic heterocycles. The van der Waals surface area contributed by atoms with E-state index in [1.165, 1.54) is 29.7 Å². The largest absolute Gasteiger partial charge is 0.349 e. The Hall–Kier alpha value is -3.23. The summed E-state index contributed by atoms with van der Waals surface area (Å²) in [5.74, 6) is -0.295. The van der Waals surface area contributed by atoms with Gasteiger partial charge in [-0.05, 0) is 44.1 Å². The van der Waals surface area contributed by atoms with Crippen molar-refractivity contribution in [3.63, 3.8) is 0 Å². The van der Waals surface area contributed by atoms with Crippen molar-refractivity contribution in [3.05, 3.63) is 75.4 Å². The zero-order chi connectivity index (χ0) is 21.8. The van der Waals surface area contributed by atoms with E-state index in [2.05, 4.69) is 15.3 Å². The normalized spacial score (nSPS) is 14.0. The first-order chi connectivity index (χ1) is 15.0. The molecule has 0 spiro atoms. The van der Waals surface area contributed by atoms with Crippen LogP contribution in [0.3, 0.4) is 0 Å². The second-order valence-electron chi connectivity index (χ2n) is 7.39. The lowest BCUT2D eigenvalue weighted by molar-refractivity contribution is -0.384. The van der Waals surface area contributed by atoms with Crippen molar-refractivity contribution >= 4 is 23.2 Å². The molecule has 1 N–H and O–H groups in total. The fourth-order valence-electron chi connectivity index (χ4n) is 3.70. The predicted molar refractivity (Wildman–Crippen MR) is 119 cm³/mol. The van der Waals surface area contributed by atoms with Crippen LogP contribution in [0.5, 0.6) is 0 Å². The molecule has 1 saturated heterocycles. The number of amides is 1. The molecule has 0 atom stereocenters. The fraction of sp³-hybridized carbons (Fsp3) is 0.273. The van der Waals surface area contributed by atoms with E-state index in [0.717, 1.165) is 19.6 Å². The first kappa shape index (κ1) is 21.0. The van der Waals surface area contributed by atoms with Gasteiger partial charge in [-0.25, -0.2) is 4.68 Å². The highest BCUT2D eigenvalue weighted by molar-refractivity contribution is 6.33. The smallest absolute Gasteiger partial charge is 0.271 e. The Morgan fingerprint density at radius 2 is 1.90 bits per heavy atom. The van der Waals surface area contributed by atoms with Gasteiger partial charge >= 0.3 is 0 Å². The highest BCUT2D eigenvalue weighted by atomic mass is 35.5. The standard InChI is InChI=1S/C22H22ClN5O3/c23-19-9-2-1-8-18(19)20-15-21(22(29)24-10-13-26-11-3-4-12-26)27(25-20)16-6-5-7-17(14-16)28(30)31/h1-2,5-9,14-15H,3-4,10-13H2,(H,24,29). The molecule has 4 rings (SSSR count). The van der Waals surface area contributed by atoms with Gasteiger partial charge < -0.3 is 10.2 Å². The predicted octanol–water partition coefficient (Wildman–Crippen LogP) is 3.93. The number of non-ortho nitro benzene ring substituents is 1. The number of nitro groups is 1. The van der Waals surface area contributed by atoms with Crippen LogP contribution < -0.4 is 5.32 Å². The summed E-state index contributed by atoms with van der Waals surface area (Å²) in [6, 6.07) is 14.9. The van der Waals surface area contributed by atoms with Crippen molar-refractivity contribution < 1.29 is 9.72 Å². The number of nitrogens with one attached hydrogen (secondary N) is 1. The van der Waals surface area contributed by atoms with Crippen LogP contribution in [0.4, 0.5) is 5.69 Å². The molecule has 0 radical (unpaired) electrons. The van der Waals surface area contributed by atoms with Crippen LogP contribution in [-0.4, -0.2) is 51.7 Å². The average molecular weight is 440 g/mol.